The van der Waals surface area contributed by atoms with E-state index < -0.39 is 5.97 Å². The van der Waals surface area contributed by atoms with Gasteiger partial charge in [0.2, 0.25) is 5.82 Å². The van der Waals surface area contributed by atoms with Gasteiger partial charge in [-0.3, -0.25) is 0 Å². The molecular weight excluding hydrogens is 336 g/mol. The topological polar surface area (TPSA) is 106 Å². The van der Waals surface area contributed by atoms with Crippen LogP contribution in [0.1, 0.15) is 16.2 Å². The van der Waals surface area contributed by atoms with Crippen LogP contribution in [0.15, 0.2) is 47.0 Å². The Morgan fingerprint density at radius 2 is 2.04 bits per heavy atom. The molecule has 0 aliphatic rings. The Labute approximate surface area is 141 Å². The number of benzene rings is 2. The number of esters is 1. The number of phenols is 2. The van der Waals surface area contributed by atoms with E-state index in [2.05, 4.69) is 10.1 Å². The van der Waals surface area contributed by atoms with Crippen LogP contribution in [0.5, 0.6) is 11.5 Å². The number of rotatable bonds is 4. The van der Waals surface area contributed by atoms with Crippen molar-refractivity contribution in [1.82, 2.24) is 10.1 Å². The average Bonchev–Trinajstić information content (AvgIpc) is 3.01. The summed E-state index contributed by atoms with van der Waals surface area (Å²) in [6.45, 7) is -0.257. The highest BCUT2D eigenvalue weighted by atomic mass is 35.5. The largest absolute Gasteiger partial charge is 0.508 e. The van der Waals surface area contributed by atoms with Gasteiger partial charge in [-0.2, -0.15) is 4.98 Å². The highest BCUT2D eigenvalue weighted by Crippen LogP contribution is 2.24. The van der Waals surface area contributed by atoms with Crippen LogP contribution < -0.4 is 0 Å². The second kappa shape index (κ2) is 6.59. The third-order valence-corrected chi connectivity index (χ3v) is 3.31. The van der Waals surface area contributed by atoms with Gasteiger partial charge >= 0.3 is 5.97 Å². The number of ether oxygens (including phenoxy) is 1. The fourth-order valence-electron chi connectivity index (χ4n) is 1.96. The van der Waals surface area contributed by atoms with E-state index in [0.717, 1.165) is 6.07 Å². The van der Waals surface area contributed by atoms with Crippen molar-refractivity contribution in [2.24, 2.45) is 0 Å². The molecule has 3 aromatic rings. The quantitative estimate of drug-likeness (QED) is 0.699. The van der Waals surface area contributed by atoms with E-state index in [0.29, 0.717) is 16.4 Å². The highest BCUT2D eigenvalue weighted by molar-refractivity contribution is 6.30. The number of carbonyl (C=O) groups excluding carboxylic acids is 1. The van der Waals surface area contributed by atoms with E-state index >= 15 is 0 Å². The SMILES string of the molecule is O=C(OCc1nc(-c2cccc(Cl)c2)no1)c1ccc(O)cc1O. The van der Waals surface area contributed by atoms with E-state index in [1.807, 2.05) is 0 Å². The Morgan fingerprint density at radius 1 is 1.21 bits per heavy atom. The first kappa shape index (κ1) is 15.8. The minimum atomic E-state index is -0.782. The van der Waals surface area contributed by atoms with Crippen molar-refractivity contribution in [3.8, 4) is 22.9 Å². The molecule has 0 unspecified atom stereocenters. The van der Waals surface area contributed by atoms with Crippen LogP contribution in [0.4, 0.5) is 0 Å². The molecule has 0 amide bonds. The Morgan fingerprint density at radius 3 is 2.79 bits per heavy atom. The number of aromatic nitrogens is 2. The minimum Gasteiger partial charge on any atom is -0.508 e. The number of hydrogen-bond donors (Lipinski definition) is 2. The van der Waals surface area contributed by atoms with Gasteiger partial charge in [0.25, 0.3) is 5.89 Å². The van der Waals surface area contributed by atoms with Crippen LogP contribution in [0.2, 0.25) is 5.02 Å². The van der Waals surface area contributed by atoms with Gasteiger partial charge in [-0.1, -0.05) is 28.9 Å². The molecule has 3 rings (SSSR count). The maximum Gasteiger partial charge on any atom is 0.342 e. The van der Waals surface area contributed by atoms with Crippen LogP contribution in [0.25, 0.3) is 11.4 Å². The van der Waals surface area contributed by atoms with Crippen LogP contribution in [-0.4, -0.2) is 26.3 Å². The van der Waals surface area contributed by atoms with Crippen molar-refractivity contribution in [2.45, 2.75) is 6.61 Å². The Hall–Kier alpha value is -3.06. The van der Waals surface area contributed by atoms with Crippen molar-refractivity contribution in [3.05, 3.63) is 58.9 Å². The maximum atomic E-state index is 11.9. The number of halogens is 1. The molecule has 8 heteroatoms. The number of nitrogens with zero attached hydrogens (tertiary/aromatic N) is 2. The molecule has 122 valence electrons. The summed E-state index contributed by atoms with van der Waals surface area (Å²) in [6, 6.07) is 10.5. The molecular formula is C16H11ClN2O5. The Kier molecular flexibility index (Phi) is 4.35. The predicted octanol–water partition coefficient (Wildman–Crippen LogP) is 3.16. The van der Waals surface area contributed by atoms with Crippen molar-refractivity contribution in [2.75, 3.05) is 0 Å². The molecule has 0 aliphatic carbocycles. The van der Waals surface area contributed by atoms with Crippen molar-refractivity contribution in [1.29, 1.82) is 0 Å². The van der Waals surface area contributed by atoms with Crippen LogP contribution in [0.3, 0.4) is 0 Å². The number of carbonyl (C=O) groups is 1. The third-order valence-electron chi connectivity index (χ3n) is 3.08. The van der Waals surface area contributed by atoms with E-state index in [4.69, 9.17) is 20.9 Å². The first-order valence-electron chi connectivity index (χ1n) is 6.80. The van der Waals surface area contributed by atoms with E-state index in [1.165, 1.54) is 12.1 Å². The number of phenolic OH excluding ortho intramolecular Hbond substituents is 2. The van der Waals surface area contributed by atoms with Gasteiger partial charge in [0.15, 0.2) is 6.61 Å². The molecule has 24 heavy (non-hydrogen) atoms. The van der Waals surface area contributed by atoms with Crippen molar-refractivity contribution < 1.29 is 24.3 Å². The van der Waals surface area contributed by atoms with Gasteiger partial charge in [-0.25, -0.2) is 4.79 Å². The zero-order valence-electron chi connectivity index (χ0n) is 12.1. The molecule has 0 saturated carbocycles. The molecule has 0 atom stereocenters. The lowest BCUT2D eigenvalue weighted by atomic mass is 10.2. The lowest BCUT2D eigenvalue weighted by Crippen LogP contribution is -2.05. The minimum absolute atomic E-state index is 0.0811. The van der Waals surface area contributed by atoms with Crippen LogP contribution in [0, 0.1) is 0 Å². The van der Waals surface area contributed by atoms with Gasteiger partial charge in [0, 0.05) is 16.7 Å². The second-order valence-corrected chi connectivity index (χ2v) is 5.24. The fourth-order valence-corrected chi connectivity index (χ4v) is 2.15. The molecule has 2 N–H and O–H groups in total. The van der Waals surface area contributed by atoms with Gasteiger partial charge in [-0.15, -0.1) is 0 Å². The molecule has 0 spiro atoms. The first-order chi connectivity index (χ1) is 11.5. The Bertz CT molecular complexity index is 894. The molecule has 2 aromatic carbocycles. The van der Waals surface area contributed by atoms with Crippen molar-refractivity contribution >= 4 is 17.6 Å². The summed E-state index contributed by atoms with van der Waals surface area (Å²) < 4.78 is 10.0. The first-order valence-corrected chi connectivity index (χ1v) is 7.18. The summed E-state index contributed by atoms with van der Waals surface area (Å²) in [5.74, 6) is -0.917. The average molecular weight is 347 g/mol. The van der Waals surface area contributed by atoms with Gasteiger partial charge < -0.3 is 19.5 Å². The van der Waals surface area contributed by atoms with E-state index in [-0.39, 0.29) is 29.6 Å². The second-order valence-electron chi connectivity index (χ2n) is 4.80. The monoisotopic (exact) mass is 346 g/mol. The van der Waals surface area contributed by atoms with E-state index in [1.54, 1.807) is 24.3 Å². The third kappa shape index (κ3) is 3.47. The molecule has 0 radical (unpaired) electrons. The molecule has 0 saturated heterocycles. The lowest BCUT2D eigenvalue weighted by molar-refractivity contribution is 0.0426. The summed E-state index contributed by atoms with van der Waals surface area (Å²) in [6.07, 6.45) is 0. The molecule has 7 nitrogen and oxygen atoms in total. The zero-order valence-corrected chi connectivity index (χ0v) is 12.9. The maximum absolute atomic E-state index is 11.9. The van der Waals surface area contributed by atoms with Gasteiger partial charge in [0.05, 0.1) is 0 Å². The summed E-state index contributed by atoms with van der Waals surface area (Å²) in [5, 5.41) is 23.1. The standard InChI is InChI=1S/C16H11ClN2O5/c17-10-3-1-2-9(6-10)15-18-14(24-19-15)8-23-16(22)12-5-4-11(20)7-13(12)21/h1-7,20-21H,8H2. The number of aromatic hydroxyl groups is 2. The molecule has 0 aliphatic heterocycles. The predicted molar refractivity (Wildman–Crippen MR) is 83.6 cm³/mol. The molecule has 1 heterocycles. The van der Waals surface area contributed by atoms with Gasteiger partial charge in [0.1, 0.15) is 17.1 Å². The molecule has 0 bridgehead atoms. The van der Waals surface area contributed by atoms with E-state index in [9.17, 15) is 15.0 Å². The smallest absolute Gasteiger partial charge is 0.342 e. The molecule has 0 fully saturated rings. The normalized spacial score (nSPS) is 10.5. The van der Waals surface area contributed by atoms with Gasteiger partial charge in [-0.05, 0) is 24.3 Å². The zero-order chi connectivity index (χ0) is 17.1. The van der Waals surface area contributed by atoms with Crippen molar-refractivity contribution in [3.63, 3.8) is 0 Å². The van der Waals surface area contributed by atoms with Crippen LogP contribution >= 0.6 is 11.6 Å². The fraction of sp³-hybridized carbons (Fsp3) is 0.0625. The Balaban J connectivity index is 1.68. The van der Waals surface area contributed by atoms with Crippen LogP contribution in [-0.2, 0) is 11.3 Å². The lowest BCUT2D eigenvalue weighted by Gasteiger charge is -2.04. The summed E-state index contributed by atoms with van der Waals surface area (Å²) in [4.78, 5) is 16.0. The highest BCUT2D eigenvalue weighted by Gasteiger charge is 2.16. The summed E-state index contributed by atoms with van der Waals surface area (Å²) >= 11 is 5.90. The summed E-state index contributed by atoms with van der Waals surface area (Å²) in [7, 11) is 0. The summed E-state index contributed by atoms with van der Waals surface area (Å²) in [5.41, 5.74) is 0.586. The molecule has 1 aromatic heterocycles. The number of hydrogen-bond acceptors (Lipinski definition) is 7.